The molecule has 1 atom stereocenters. The number of hydrogen-bond acceptors (Lipinski definition) is 5. The lowest BCUT2D eigenvalue weighted by Crippen LogP contribution is -2.46. The van der Waals surface area contributed by atoms with E-state index in [1.54, 1.807) is 12.1 Å². The molecule has 3 aromatic carbocycles. The Hall–Kier alpha value is -4.11. The second-order valence-electron chi connectivity index (χ2n) is 8.27. The summed E-state index contributed by atoms with van der Waals surface area (Å²) in [5.74, 6) is -1.42. The van der Waals surface area contributed by atoms with Crippen molar-refractivity contribution in [2.24, 2.45) is 0 Å². The monoisotopic (exact) mass is 489 g/mol. The number of aromatic nitrogens is 3. The number of carbonyl (C=O) groups is 2. The molecule has 0 radical (unpaired) electrons. The van der Waals surface area contributed by atoms with Crippen LogP contribution in [0.4, 0.5) is 4.39 Å². The molecule has 1 heterocycles. The van der Waals surface area contributed by atoms with E-state index in [4.69, 9.17) is 4.74 Å². The summed E-state index contributed by atoms with van der Waals surface area (Å²) in [5.41, 5.74) is 2.47. The molecule has 0 aliphatic heterocycles. The van der Waals surface area contributed by atoms with Crippen molar-refractivity contribution in [1.29, 1.82) is 0 Å². The molecule has 4 aromatic rings. The highest BCUT2D eigenvalue weighted by Crippen LogP contribution is 2.25. The minimum atomic E-state index is -1.17. The summed E-state index contributed by atoms with van der Waals surface area (Å²) >= 11 is 0. The standard InChI is InChI=1S/C27H28FN5O3/c1-36-18-16-29-27(35)26(21-11-5-6-12-22(21)28)32(17-15-20-9-3-2-4-10-20)25(34)19-33-24-14-8-7-13-23(24)30-31-33/h2-14,26H,15-19H2,1H3,(H,29,35)/t26-/m1/s1. The van der Waals surface area contributed by atoms with Crippen LogP contribution in [0.2, 0.25) is 0 Å². The number of para-hydroxylation sites is 1. The molecule has 0 aliphatic rings. The van der Waals surface area contributed by atoms with Gasteiger partial charge in [0, 0.05) is 25.8 Å². The van der Waals surface area contributed by atoms with Gasteiger partial charge in [0.2, 0.25) is 11.8 Å². The quantitative estimate of drug-likeness (QED) is 0.327. The van der Waals surface area contributed by atoms with Crippen LogP contribution in [0, 0.1) is 5.82 Å². The Morgan fingerprint density at radius 2 is 1.75 bits per heavy atom. The molecule has 0 bridgehead atoms. The van der Waals surface area contributed by atoms with Crippen molar-refractivity contribution >= 4 is 22.8 Å². The molecule has 9 heteroatoms. The van der Waals surface area contributed by atoms with E-state index in [0.717, 1.165) is 5.56 Å². The van der Waals surface area contributed by atoms with Crippen LogP contribution >= 0.6 is 0 Å². The number of nitrogens with one attached hydrogen (secondary N) is 1. The van der Waals surface area contributed by atoms with Crippen LogP contribution in [0.25, 0.3) is 11.0 Å². The van der Waals surface area contributed by atoms with Crippen molar-refractivity contribution in [2.75, 3.05) is 26.8 Å². The van der Waals surface area contributed by atoms with Gasteiger partial charge in [0.15, 0.2) is 0 Å². The van der Waals surface area contributed by atoms with Gasteiger partial charge in [-0.25, -0.2) is 9.07 Å². The Balaban J connectivity index is 1.69. The highest BCUT2D eigenvalue weighted by Gasteiger charge is 2.33. The van der Waals surface area contributed by atoms with Gasteiger partial charge in [-0.2, -0.15) is 0 Å². The minimum Gasteiger partial charge on any atom is -0.383 e. The Labute approximate surface area is 208 Å². The van der Waals surface area contributed by atoms with Crippen molar-refractivity contribution in [3.8, 4) is 0 Å². The van der Waals surface area contributed by atoms with E-state index >= 15 is 0 Å². The zero-order valence-corrected chi connectivity index (χ0v) is 20.0. The summed E-state index contributed by atoms with van der Waals surface area (Å²) in [6, 6.07) is 21.8. The molecule has 0 spiro atoms. The van der Waals surface area contributed by atoms with Gasteiger partial charge in [0.25, 0.3) is 0 Å². The predicted octanol–water partition coefficient (Wildman–Crippen LogP) is 3.15. The van der Waals surface area contributed by atoms with Gasteiger partial charge in [-0.05, 0) is 30.2 Å². The molecule has 2 amide bonds. The summed E-state index contributed by atoms with van der Waals surface area (Å²) < 4.78 is 21.5. The summed E-state index contributed by atoms with van der Waals surface area (Å²) in [4.78, 5) is 28.5. The van der Waals surface area contributed by atoms with Crippen LogP contribution in [-0.4, -0.2) is 58.5 Å². The Morgan fingerprint density at radius 1 is 1.03 bits per heavy atom. The maximum Gasteiger partial charge on any atom is 0.247 e. The van der Waals surface area contributed by atoms with E-state index in [-0.39, 0.29) is 31.1 Å². The summed E-state index contributed by atoms with van der Waals surface area (Å²) in [6.45, 7) is 0.575. The number of benzene rings is 3. The topological polar surface area (TPSA) is 89.4 Å². The smallest absolute Gasteiger partial charge is 0.247 e. The molecular formula is C27H28FN5O3. The highest BCUT2D eigenvalue weighted by atomic mass is 19.1. The first-order valence-corrected chi connectivity index (χ1v) is 11.7. The fraction of sp³-hybridized carbons (Fsp3) is 0.259. The van der Waals surface area contributed by atoms with Gasteiger partial charge < -0.3 is 15.0 Å². The molecule has 8 nitrogen and oxygen atoms in total. The van der Waals surface area contributed by atoms with E-state index in [1.807, 2.05) is 54.6 Å². The van der Waals surface area contributed by atoms with E-state index < -0.39 is 17.8 Å². The summed E-state index contributed by atoms with van der Waals surface area (Å²) in [6.07, 6.45) is 0.487. The SMILES string of the molecule is COCCNC(=O)[C@@H](c1ccccc1F)N(CCc1ccccc1)C(=O)Cn1nnc2ccccc21. The summed E-state index contributed by atoms with van der Waals surface area (Å²) in [7, 11) is 1.53. The van der Waals surface area contributed by atoms with E-state index in [1.165, 1.54) is 28.8 Å². The number of carbonyl (C=O) groups excluding carboxylic acids is 2. The zero-order chi connectivity index (χ0) is 25.3. The molecule has 0 saturated carbocycles. The molecule has 0 fully saturated rings. The van der Waals surface area contributed by atoms with Crippen molar-refractivity contribution < 1.29 is 18.7 Å². The van der Waals surface area contributed by atoms with Crippen molar-refractivity contribution in [3.63, 3.8) is 0 Å². The predicted molar refractivity (Wildman–Crippen MR) is 133 cm³/mol. The van der Waals surface area contributed by atoms with Crippen LogP contribution in [0.5, 0.6) is 0 Å². The minimum absolute atomic E-state index is 0.122. The molecule has 4 rings (SSSR count). The van der Waals surface area contributed by atoms with Gasteiger partial charge in [0.05, 0.1) is 12.1 Å². The zero-order valence-electron chi connectivity index (χ0n) is 20.0. The third-order valence-corrected chi connectivity index (χ3v) is 5.88. The first kappa shape index (κ1) is 25.0. The van der Waals surface area contributed by atoms with Crippen LogP contribution in [0.15, 0.2) is 78.9 Å². The van der Waals surface area contributed by atoms with E-state index in [0.29, 0.717) is 24.1 Å². The number of halogens is 1. The third kappa shape index (κ3) is 5.92. The number of ether oxygens (including phenoxy) is 1. The van der Waals surface area contributed by atoms with Gasteiger partial charge >= 0.3 is 0 Å². The van der Waals surface area contributed by atoms with Crippen LogP contribution in [-0.2, 0) is 27.3 Å². The Morgan fingerprint density at radius 3 is 2.53 bits per heavy atom. The number of amides is 2. The highest BCUT2D eigenvalue weighted by molar-refractivity contribution is 5.89. The van der Waals surface area contributed by atoms with Crippen LogP contribution < -0.4 is 5.32 Å². The number of methoxy groups -OCH3 is 1. The Kier molecular flexibility index (Phi) is 8.36. The molecule has 0 unspecified atom stereocenters. The van der Waals surface area contributed by atoms with Crippen molar-refractivity contribution in [3.05, 3.63) is 95.8 Å². The molecule has 186 valence electrons. The molecule has 1 N–H and O–H groups in total. The number of fused-ring (bicyclic) bond motifs is 1. The second-order valence-corrected chi connectivity index (χ2v) is 8.27. The van der Waals surface area contributed by atoms with Crippen LogP contribution in [0.1, 0.15) is 17.2 Å². The van der Waals surface area contributed by atoms with Gasteiger partial charge in [-0.1, -0.05) is 65.9 Å². The lowest BCUT2D eigenvalue weighted by Gasteiger charge is -2.32. The first-order chi connectivity index (χ1) is 17.6. The largest absolute Gasteiger partial charge is 0.383 e. The average Bonchev–Trinajstić information content (AvgIpc) is 3.30. The molecular weight excluding hydrogens is 461 g/mol. The van der Waals surface area contributed by atoms with E-state index in [2.05, 4.69) is 15.6 Å². The molecule has 36 heavy (non-hydrogen) atoms. The fourth-order valence-corrected chi connectivity index (χ4v) is 4.07. The fourth-order valence-electron chi connectivity index (χ4n) is 4.07. The molecule has 1 aromatic heterocycles. The maximum atomic E-state index is 15.0. The first-order valence-electron chi connectivity index (χ1n) is 11.7. The number of rotatable bonds is 11. The number of hydrogen-bond donors (Lipinski definition) is 1. The van der Waals surface area contributed by atoms with Crippen molar-refractivity contribution in [1.82, 2.24) is 25.2 Å². The van der Waals surface area contributed by atoms with Gasteiger partial charge in [-0.15, -0.1) is 5.10 Å². The third-order valence-electron chi connectivity index (χ3n) is 5.88. The van der Waals surface area contributed by atoms with Gasteiger partial charge in [-0.3, -0.25) is 9.59 Å². The molecule has 0 saturated heterocycles. The normalized spacial score (nSPS) is 11.8. The average molecular weight is 490 g/mol. The second kappa shape index (κ2) is 12.0. The lowest BCUT2D eigenvalue weighted by atomic mass is 10.0. The Bertz CT molecular complexity index is 1310. The van der Waals surface area contributed by atoms with E-state index in [9.17, 15) is 14.0 Å². The van der Waals surface area contributed by atoms with Crippen LogP contribution in [0.3, 0.4) is 0 Å². The summed E-state index contributed by atoms with van der Waals surface area (Å²) in [5, 5.41) is 11.0. The number of nitrogens with zero attached hydrogens (tertiary/aromatic N) is 4. The van der Waals surface area contributed by atoms with Crippen molar-refractivity contribution in [2.45, 2.75) is 19.0 Å². The van der Waals surface area contributed by atoms with Gasteiger partial charge in [0.1, 0.15) is 23.9 Å². The maximum absolute atomic E-state index is 15.0. The molecule has 0 aliphatic carbocycles. The lowest BCUT2D eigenvalue weighted by molar-refractivity contribution is -0.141.